The van der Waals surface area contributed by atoms with Gasteiger partial charge in [-0.25, -0.2) is 14.4 Å². The van der Waals surface area contributed by atoms with Gasteiger partial charge in [-0.2, -0.15) is 13.2 Å². The number of pyridine rings is 1. The number of carbonyl (C=O) groups excluding carboxylic acids is 1. The summed E-state index contributed by atoms with van der Waals surface area (Å²) in [7, 11) is 0. The van der Waals surface area contributed by atoms with E-state index in [1.54, 1.807) is 13.8 Å². The molecule has 2 N–H and O–H groups in total. The number of alkyl halides is 3. The van der Waals surface area contributed by atoms with Crippen molar-refractivity contribution in [3.05, 3.63) is 63.5 Å². The van der Waals surface area contributed by atoms with Crippen molar-refractivity contribution >= 4 is 17.2 Å². The highest BCUT2D eigenvalue weighted by molar-refractivity contribution is 7.13. The molecular weight excluding hydrogens is 498 g/mol. The second kappa shape index (κ2) is 8.52. The number of thiazole rings is 1. The van der Waals surface area contributed by atoms with Crippen LogP contribution in [0.4, 0.5) is 17.6 Å². The predicted octanol–water partition coefficient (Wildman–Crippen LogP) is 5.07. The largest absolute Gasteiger partial charge is 0.490 e. The molecule has 1 saturated carbocycles. The number of rotatable bonds is 6. The minimum absolute atomic E-state index is 0.0543. The van der Waals surface area contributed by atoms with Crippen LogP contribution in [0.2, 0.25) is 0 Å². The number of benzene rings is 1. The van der Waals surface area contributed by atoms with Crippen LogP contribution in [-0.2, 0) is 11.0 Å². The molecule has 3 aromatic rings. The average Bonchev–Trinajstić information content (AvgIpc) is 3.47. The Morgan fingerprint density at radius 2 is 1.94 bits per heavy atom. The molecule has 36 heavy (non-hydrogen) atoms. The van der Waals surface area contributed by atoms with Gasteiger partial charge in [0.1, 0.15) is 22.1 Å². The molecule has 6 nitrogen and oxygen atoms in total. The summed E-state index contributed by atoms with van der Waals surface area (Å²) in [5.74, 6) is -0.697. The molecule has 0 unspecified atom stereocenters. The molecule has 2 aromatic heterocycles. The van der Waals surface area contributed by atoms with E-state index < -0.39 is 41.2 Å². The zero-order chi connectivity index (χ0) is 25.9. The van der Waals surface area contributed by atoms with Gasteiger partial charge in [0.25, 0.3) is 5.91 Å². The van der Waals surface area contributed by atoms with E-state index in [9.17, 15) is 27.5 Å². The van der Waals surface area contributed by atoms with Crippen molar-refractivity contribution in [2.45, 2.75) is 49.8 Å². The lowest BCUT2D eigenvalue weighted by molar-refractivity contribution is -0.265. The Bertz CT molecular complexity index is 1320. The molecule has 1 fully saturated rings. The first-order chi connectivity index (χ1) is 16.9. The van der Waals surface area contributed by atoms with E-state index in [1.165, 1.54) is 24.4 Å². The molecular formula is C25H23F4N3O3S. The first-order valence-corrected chi connectivity index (χ1v) is 12.2. The molecule has 5 rings (SSSR count). The quantitative estimate of drug-likeness (QED) is 0.443. The molecule has 3 heterocycles. The fraction of sp³-hybridized carbons (Fsp3) is 0.400. The van der Waals surface area contributed by atoms with Crippen LogP contribution in [0.25, 0.3) is 11.3 Å². The number of aliphatic hydroxyl groups is 1. The monoisotopic (exact) mass is 521 g/mol. The zero-order valence-corrected chi connectivity index (χ0v) is 20.3. The number of halogens is 4. The number of nitrogens with one attached hydrogen (secondary N) is 1. The van der Waals surface area contributed by atoms with Gasteiger partial charge in [-0.05, 0) is 43.2 Å². The van der Waals surface area contributed by atoms with Crippen molar-refractivity contribution in [3.8, 4) is 17.0 Å². The van der Waals surface area contributed by atoms with Crippen LogP contribution in [-0.4, -0.2) is 40.3 Å². The van der Waals surface area contributed by atoms with E-state index in [4.69, 9.17) is 4.74 Å². The van der Waals surface area contributed by atoms with E-state index in [0.717, 1.165) is 41.3 Å². The van der Waals surface area contributed by atoms with E-state index in [2.05, 4.69) is 15.3 Å². The van der Waals surface area contributed by atoms with Crippen LogP contribution in [0, 0.1) is 5.82 Å². The number of amides is 1. The minimum Gasteiger partial charge on any atom is -0.490 e. The standard InChI is InChI=1S/C25H23F4N3O3S/c1-23(2)12-35-20-16(23)9-18(32-19(20)13-5-7-15(26)8-6-13)24(34,25(27,28)29)11-31-21(33)17-10-30-22(36-17)14-3-4-14/h5-10,14,34H,3-4,11-12H2,1-2H3,(H,31,33)/t24-/m0/s1. The van der Waals surface area contributed by atoms with Gasteiger partial charge < -0.3 is 15.2 Å². The molecule has 1 aromatic carbocycles. The van der Waals surface area contributed by atoms with Crippen molar-refractivity contribution in [2.24, 2.45) is 0 Å². The summed E-state index contributed by atoms with van der Waals surface area (Å²) in [6, 6.07) is 6.26. The number of hydrogen-bond donors (Lipinski definition) is 2. The summed E-state index contributed by atoms with van der Waals surface area (Å²) in [4.78, 5) is 21.1. The highest BCUT2D eigenvalue weighted by Crippen LogP contribution is 2.47. The fourth-order valence-electron chi connectivity index (χ4n) is 4.07. The van der Waals surface area contributed by atoms with Crippen LogP contribution < -0.4 is 10.1 Å². The molecule has 0 radical (unpaired) electrons. The van der Waals surface area contributed by atoms with Crippen LogP contribution in [0.5, 0.6) is 5.75 Å². The second-order valence-corrected chi connectivity index (χ2v) is 10.9. The molecule has 0 spiro atoms. The van der Waals surface area contributed by atoms with Gasteiger partial charge >= 0.3 is 6.18 Å². The lowest BCUT2D eigenvalue weighted by atomic mass is 9.84. The summed E-state index contributed by atoms with van der Waals surface area (Å²) < 4.78 is 62.4. The maximum atomic E-state index is 14.4. The number of carbonyl (C=O) groups is 1. The number of aromatic nitrogens is 2. The van der Waals surface area contributed by atoms with Crippen molar-refractivity contribution in [1.29, 1.82) is 0 Å². The summed E-state index contributed by atoms with van der Waals surface area (Å²) in [5, 5.41) is 14.0. The number of fused-ring (bicyclic) bond motifs is 1. The lowest BCUT2D eigenvalue weighted by Crippen LogP contribution is -2.51. The molecule has 1 aliphatic heterocycles. The van der Waals surface area contributed by atoms with Crippen molar-refractivity contribution in [2.75, 3.05) is 13.2 Å². The van der Waals surface area contributed by atoms with E-state index in [0.29, 0.717) is 17.0 Å². The van der Waals surface area contributed by atoms with Gasteiger partial charge in [-0.15, -0.1) is 11.3 Å². The van der Waals surface area contributed by atoms with Crippen LogP contribution in [0.3, 0.4) is 0 Å². The van der Waals surface area contributed by atoms with Gasteiger partial charge in [0.2, 0.25) is 5.60 Å². The van der Waals surface area contributed by atoms with Gasteiger partial charge in [0.15, 0.2) is 0 Å². The first-order valence-electron chi connectivity index (χ1n) is 11.4. The van der Waals surface area contributed by atoms with E-state index >= 15 is 0 Å². The summed E-state index contributed by atoms with van der Waals surface area (Å²) in [5.41, 5.74) is -4.03. The third-order valence-corrected chi connectivity index (χ3v) is 7.63. The average molecular weight is 522 g/mol. The topological polar surface area (TPSA) is 84.3 Å². The number of hydrogen-bond acceptors (Lipinski definition) is 6. The molecule has 11 heteroatoms. The molecule has 1 aliphatic carbocycles. The second-order valence-electron chi connectivity index (χ2n) is 9.79. The lowest BCUT2D eigenvalue weighted by Gasteiger charge is -2.31. The molecule has 0 saturated heterocycles. The first kappa shape index (κ1) is 24.6. The van der Waals surface area contributed by atoms with Gasteiger partial charge in [0.05, 0.1) is 30.1 Å². The Hall–Kier alpha value is -3.05. The maximum Gasteiger partial charge on any atom is 0.424 e. The van der Waals surface area contributed by atoms with Crippen LogP contribution in [0.1, 0.15) is 58.5 Å². The van der Waals surface area contributed by atoms with Gasteiger partial charge in [-0.1, -0.05) is 13.8 Å². The Labute approximate surface area is 208 Å². The van der Waals surface area contributed by atoms with Crippen molar-refractivity contribution < 1.29 is 32.2 Å². The maximum absolute atomic E-state index is 14.4. The fourth-order valence-corrected chi connectivity index (χ4v) is 5.07. The normalized spacial score (nSPS) is 18.3. The Kier molecular flexibility index (Phi) is 5.83. The third kappa shape index (κ3) is 4.34. The highest BCUT2D eigenvalue weighted by atomic mass is 32.1. The van der Waals surface area contributed by atoms with Gasteiger partial charge in [0, 0.05) is 22.5 Å². The van der Waals surface area contributed by atoms with Crippen molar-refractivity contribution in [3.63, 3.8) is 0 Å². The number of nitrogens with zero attached hydrogens (tertiary/aromatic N) is 2. The van der Waals surface area contributed by atoms with Crippen LogP contribution in [0.15, 0.2) is 36.5 Å². The van der Waals surface area contributed by atoms with E-state index in [-0.39, 0.29) is 22.9 Å². The predicted molar refractivity (Wildman–Crippen MR) is 125 cm³/mol. The SMILES string of the molecule is CC1(C)COc2c1cc([C@@](O)(CNC(=O)c1cnc(C3CC3)s1)C(F)(F)F)nc2-c1ccc(F)cc1. The van der Waals surface area contributed by atoms with Gasteiger partial charge in [-0.3, -0.25) is 4.79 Å². The summed E-state index contributed by atoms with van der Waals surface area (Å²) in [6.07, 6.45) is -1.88. The smallest absolute Gasteiger partial charge is 0.424 e. The molecule has 1 amide bonds. The minimum atomic E-state index is -5.17. The van der Waals surface area contributed by atoms with Crippen LogP contribution >= 0.6 is 11.3 Å². The Morgan fingerprint density at radius 1 is 1.25 bits per heavy atom. The molecule has 190 valence electrons. The Morgan fingerprint density at radius 3 is 2.58 bits per heavy atom. The Balaban J connectivity index is 1.53. The highest BCUT2D eigenvalue weighted by Gasteiger charge is 2.57. The molecule has 2 aliphatic rings. The molecule has 1 atom stereocenters. The third-order valence-electron chi connectivity index (χ3n) is 6.47. The summed E-state index contributed by atoms with van der Waals surface area (Å²) >= 11 is 1.13. The van der Waals surface area contributed by atoms with Crippen molar-refractivity contribution in [1.82, 2.24) is 15.3 Å². The molecule has 0 bridgehead atoms. The zero-order valence-electron chi connectivity index (χ0n) is 19.4. The summed E-state index contributed by atoms with van der Waals surface area (Å²) in [6.45, 7) is 2.64. The van der Waals surface area contributed by atoms with E-state index in [1.807, 2.05) is 0 Å². The number of ether oxygens (including phenoxy) is 1.